The number of hydrogen-bond donors (Lipinski definition) is 0. The highest BCUT2D eigenvalue weighted by Gasteiger charge is 2.23. The van der Waals surface area contributed by atoms with E-state index in [-0.39, 0.29) is 11.5 Å². The molecule has 1 aliphatic rings. The highest BCUT2D eigenvalue weighted by Crippen LogP contribution is 2.26. The maximum absolute atomic E-state index is 12.3. The van der Waals surface area contributed by atoms with Crippen LogP contribution in [0.1, 0.15) is 38.3 Å². The summed E-state index contributed by atoms with van der Waals surface area (Å²) < 4.78 is 7.61. The van der Waals surface area contributed by atoms with Gasteiger partial charge in [0.05, 0.1) is 12.0 Å². The number of aromatic nitrogens is 3. The van der Waals surface area contributed by atoms with E-state index in [9.17, 15) is 4.79 Å². The Bertz CT molecular complexity index is 919. The van der Waals surface area contributed by atoms with Crippen molar-refractivity contribution in [1.29, 1.82) is 0 Å². The molecule has 0 atom stereocenters. The minimum Gasteiger partial charge on any atom is -0.423 e. The van der Waals surface area contributed by atoms with Gasteiger partial charge in [-0.05, 0) is 36.8 Å². The van der Waals surface area contributed by atoms with E-state index in [1.807, 2.05) is 38.1 Å². The molecule has 26 heavy (non-hydrogen) atoms. The Labute approximate surface area is 152 Å². The quantitative estimate of drug-likeness (QED) is 0.720. The number of fused-ring (bicyclic) bond motifs is 1. The second-order valence-electron chi connectivity index (χ2n) is 7.35. The molecule has 3 heterocycles. The number of oxazole rings is 1. The van der Waals surface area contributed by atoms with Gasteiger partial charge in [-0.3, -0.25) is 9.36 Å². The molecule has 0 amide bonds. The third-order valence-electron chi connectivity index (χ3n) is 5.11. The van der Waals surface area contributed by atoms with Gasteiger partial charge in [0.2, 0.25) is 0 Å². The van der Waals surface area contributed by atoms with Crippen LogP contribution in [0.5, 0.6) is 0 Å². The van der Waals surface area contributed by atoms with Gasteiger partial charge in [-0.15, -0.1) is 0 Å². The average Bonchev–Trinajstić information content (AvgIpc) is 3.08. The molecular weight excluding hydrogens is 328 g/mol. The molecule has 136 valence electrons. The average molecular weight is 352 g/mol. The zero-order valence-electron chi connectivity index (χ0n) is 15.3. The number of anilines is 1. The number of benzene rings is 1. The van der Waals surface area contributed by atoms with E-state index in [1.54, 1.807) is 17.0 Å². The van der Waals surface area contributed by atoms with E-state index >= 15 is 0 Å². The maximum Gasteiger partial charge on any atom is 0.298 e. The van der Waals surface area contributed by atoms with Gasteiger partial charge in [-0.25, -0.2) is 4.98 Å². The predicted molar refractivity (Wildman–Crippen MR) is 102 cm³/mol. The van der Waals surface area contributed by atoms with Crippen molar-refractivity contribution in [3.05, 3.63) is 52.7 Å². The first-order chi connectivity index (χ1) is 12.6. The Kier molecular flexibility index (Phi) is 4.49. The van der Waals surface area contributed by atoms with Crippen LogP contribution in [0.4, 0.5) is 6.01 Å². The summed E-state index contributed by atoms with van der Waals surface area (Å²) in [5.74, 6) is 0.747. The summed E-state index contributed by atoms with van der Waals surface area (Å²) in [6, 6.07) is 10.2. The van der Waals surface area contributed by atoms with Crippen LogP contribution >= 0.6 is 0 Å². The number of rotatable bonds is 4. The summed E-state index contributed by atoms with van der Waals surface area (Å²) in [7, 11) is 0. The van der Waals surface area contributed by atoms with Crippen LogP contribution in [0.2, 0.25) is 0 Å². The fourth-order valence-electron chi connectivity index (χ4n) is 3.47. The summed E-state index contributed by atoms with van der Waals surface area (Å²) in [4.78, 5) is 23.5. The summed E-state index contributed by atoms with van der Waals surface area (Å²) in [6.07, 6.45) is 3.72. The lowest BCUT2D eigenvalue weighted by molar-refractivity contribution is 0.342. The molecule has 4 rings (SSSR count). The minimum atomic E-state index is 0.0464. The second-order valence-corrected chi connectivity index (χ2v) is 7.35. The molecule has 6 nitrogen and oxygen atoms in total. The summed E-state index contributed by atoms with van der Waals surface area (Å²) >= 11 is 0. The number of hydrogen-bond acceptors (Lipinski definition) is 5. The van der Waals surface area contributed by atoms with Crippen LogP contribution in [0.15, 0.2) is 45.9 Å². The molecule has 0 radical (unpaired) electrons. The molecule has 0 aliphatic carbocycles. The summed E-state index contributed by atoms with van der Waals surface area (Å²) in [5, 5.41) is 0. The Morgan fingerprint density at radius 2 is 2.00 bits per heavy atom. The minimum absolute atomic E-state index is 0.0464. The standard InChI is InChI=1S/C20H24N4O2/c1-14(2)17-11-19(25)24(13-21-17)12-15-7-9-23(10-8-15)20-22-16-5-3-4-6-18(16)26-20/h3-6,11,13-15H,7-10,12H2,1-2H3. The molecule has 0 bridgehead atoms. The van der Waals surface area contributed by atoms with Crippen molar-refractivity contribution < 1.29 is 4.42 Å². The molecule has 3 aromatic rings. The maximum atomic E-state index is 12.3. The number of piperidine rings is 1. The Morgan fingerprint density at radius 1 is 1.23 bits per heavy atom. The largest absolute Gasteiger partial charge is 0.423 e. The van der Waals surface area contributed by atoms with Crippen LogP contribution in [-0.2, 0) is 6.54 Å². The molecule has 2 aromatic heterocycles. The van der Waals surface area contributed by atoms with Crippen LogP contribution in [-0.4, -0.2) is 27.6 Å². The van der Waals surface area contributed by atoms with E-state index in [0.717, 1.165) is 49.3 Å². The molecule has 1 aromatic carbocycles. The molecule has 0 N–H and O–H groups in total. The van der Waals surface area contributed by atoms with Gasteiger partial charge < -0.3 is 9.32 Å². The molecule has 1 saturated heterocycles. The third kappa shape index (κ3) is 3.36. The van der Waals surface area contributed by atoms with E-state index in [1.165, 1.54) is 0 Å². The molecule has 1 fully saturated rings. The highest BCUT2D eigenvalue weighted by molar-refractivity contribution is 5.74. The lowest BCUT2D eigenvalue weighted by Crippen LogP contribution is -2.36. The Hall–Kier alpha value is -2.63. The Morgan fingerprint density at radius 3 is 2.69 bits per heavy atom. The second kappa shape index (κ2) is 6.94. The van der Waals surface area contributed by atoms with Gasteiger partial charge >= 0.3 is 0 Å². The predicted octanol–water partition coefficient (Wildman–Crippen LogP) is 3.42. The van der Waals surface area contributed by atoms with Crippen molar-refractivity contribution in [2.75, 3.05) is 18.0 Å². The van der Waals surface area contributed by atoms with Crippen molar-refractivity contribution in [3.8, 4) is 0 Å². The fraction of sp³-hybridized carbons (Fsp3) is 0.450. The molecule has 6 heteroatoms. The van der Waals surface area contributed by atoms with E-state index in [4.69, 9.17) is 4.42 Å². The van der Waals surface area contributed by atoms with Crippen molar-refractivity contribution in [1.82, 2.24) is 14.5 Å². The van der Waals surface area contributed by atoms with Gasteiger partial charge in [0.15, 0.2) is 5.58 Å². The number of para-hydroxylation sites is 2. The van der Waals surface area contributed by atoms with Crippen LogP contribution in [0.25, 0.3) is 11.1 Å². The van der Waals surface area contributed by atoms with Gasteiger partial charge in [0.25, 0.3) is 11.6 Å². The molecular formula is C20H24N4O2. The summed E-state index contributed by atoms with van der Waals surface area (Å²) in [6.45, 7) is 6.61. The molecule has 0 unspecified atom stereocenters. The van der Waals surface area contributed by atoms with E-state index in [2.05, 4.69) is 14.9 Å². The van der Waals surface area contributed by atoms with Crippen molar-refractivity contribution >= 4 is 17.1 Å². The fourth-order valence-corrected chi connectivity index (χ4v) is 3.47. The first-order valence-electron chi connectivity index (χ1n) is 9.27. The highest BCUT2D eigenvalue weighted by atomic mass is 16.4. The van der Waals surface area contributed by atoms with Gasteiger partial charge in [-0.2, -0.15) is 4.98 Å². The zero-order chi connectivity index (χ0) is 18.1. The van der Waals surface area contributed by atoms with E-state index in [0.29, 0.717) is 11.9 Å². The van der Waals surface area contributed by atoms with E-state index < -0.39 is 0 Å². The van der Waals surface area contributed by atoms with Gasteiger partial charge in [-0.1, -0.05) is 26.0 Å². The van der Waals surface area contributed by atoms with Crippen molar-refractivity contribution in [2.24, 2.45) is 5.92 Å². The van der Waals surface area contributed by atoms with Crippen LogP contribution < -0.4 is 10.5 Å². The normalized spacial score (nSPS) is 15.9. The molecule has 1 aliphatic heterocycles. The van der Waals surface area contributed by atoms with Gasteiger partial charge in [0, 0.05) is 25.7 Å². The summed E-state index contributed by atoms with van der Waals surface area (Å²) in [5.41, 5.74) is 2.63. The third-order valence-corrected chi connectivity index (χ3v) is 5.11. The molecule has 0 spiro atoms. The topological polar surface area (TPSA) is 64.2 Å². The lowest BCUT2D eigenvalue weighted by atomic mass is 9.97. The van der Waals surface area contributed by atoms with Crippen LogP contribution in [0.3, 0.4) is 0 Å². The van der Waals surface area contributed by atoms with Crippen molar-refractivity contribution in [2.45, 2.75) is 39.2 Å². The first-order valence-corrected chi connectivity index (χ1v) is 9.27. The van der Waals surface area contributed by atoms with Gasteiger partial charge in [0.1, 0.15) is 5.52 Å². The first kappa shape index (κ1) is 16.8. The Balaban J connectivity index is 1.40. The smallest absolute Gasteiger partial charge is 0.298 e. The number of nitrogens with zero attached hydrogens (tertiary/aromatic N) is 4. The van der Waals surface area contributed by atoms with Crippen LogP contribution in [0, 0.1) is 5.92 Å². The SMILES string of the molecule is CC(C)c1cc(=O)n(CC2CCN(c3nc4ccccc4o3)CC2)cn1. The van der Waals surface area contributed by atoms with Crippen molar-refractivity contribution in [3.63, 3.8) is 0 Å². The molecule has 0 saturated carbocycles. The lowest BCUT2D eigenvalue weighted by Gasteiger charge is -2.31. The monoisotopic (exact) mass is 352 g/mol. The zero-order valence-corrected chi connectivity index (χ0v) is 15.3.